The molecule has 0 aromatic heterocycles. The van der Waals surface area contributed by atoms with Crippen molar-refractivity contribution in [3.63, 3.8) is 0 Å². The summed E-state index contributed by atoms with van der Waals surface area (Å²) >= 11 is 0. The van der Waals surface area contributed by atoms with Crippen LogP contribution in [0.15, 0.2) is 24.3 Å². The molecule has 2 N–H and O–H groups in total. The number of amides is 2. The average molecular weight is 354 g/mol. The van der Waals surface area contributed by atoms with Crippen LogP contribution in [0.2, 0.25) is 0 Å². The van der Waals surface area contributed by atoms with Crippen molar-refractivity contribution in [2.24, 2.45) is 0 Å². The molecule has 0 saturated heterocycles. The summed E-state index contributed by atoms with van der Waals surface area (Å²) in [5.41, 5.74) is 1.07. The summed E-state index contributed by atoms with van der Waals surface area (Å²) in [5, 5.41) is 11.8. The van der Waals surface area contributed by atoms with E-state index < -0.39 is 28.7 Å². The number of rotatable bonds is 8. The van der Waals surface area contributed by atoms with Gasteiger partial charge in [-0.05, 0) is 24.6 Å². The Morgan fingerprint density at radius 1 is 1.33 bits per heavy atom. The molecule has 24 heavy (non-hydrogen) atoms. The van der Waals surface area contributed by atoms with Crippen LogP contribution in [-0.2, 0) is 26.1 Å². The molecule has 2 atom stereocenters. The Morgan fingerprint density at radius 2 is 2.00 bits per heavy atom. The van der Waals surface area contributed by atoms with Crippen LogP contribution in [0, 0.1) is 0 Å². The molecule has 1 aromatic rings. The summed E-state index contributed by atoms with van der Waals surface area (Å²) < 4.78 is 11.3. The van der Waals surface area contributed by atoms with E-state index in [1.54, 1.807) is 30.5 Å². The highest BCUT2D eigenvalue weighted by Crippen LogP contribution is 2.12. The lowest BCUT2D eigenvalue weighted by Crippen LogP contribution is -2.46. The van der Waals surface area contributed by atoms with Gasteiger partial charge in [-0.3, -0.25) is 13.8 Å². The minimum atomic E-state index is -1.13. The normalized spacial score (nSPS) is 13.0. The van der Waals surface area contributed by atoms with E-state index in [0.29, 0.717) is 11.3 Å². The second kappa shape index (κ2) is 9.17. The van der Waals surface area contributed by atoms with Crippen LogP contribution in [0.1, 0.15) is 29.8 Å². The molecule has 0 aliphatic rings. The van der Waals surface area contributed by atoms with Crippen molar-refractivity contribution in [1.82, 2.24) is 10.2 Å². The number of carbonyl (C=O) groups excluding carboxylic acids is 2. The summed E-state index contributed by atoms with van der Waals surface area (Å²) in [7, 11) is -1.04. The highest BCUT2D eigenvalue weighted by atomic mass is 32.2. The lowest BCUT2D eigenvalue weighted by Gasteiger charge is -2.27. The van der Waals surface area contributed by atoms with Crippen LogP contribution < -0.4 is 5.32 Å². The summed E-state index contributed by atoms with van der Waals surface area (Å²) in [6.45, 7) is 3.01. The number of aliphatic carboxylic acids is 1. The van der Waals surface area contributed by atoms with E-state index in [-0.39, 0.29) is 19.0 Å². The molecule has 0 heterocycles. The highest BCUT2D eigenvalue weighted by molar-refractivity contribution is 7.83. The first-order valence-electron chi connectivity index (χ1n) is 7.39. The molecule has 0 radical (unpaired) electrons. The Hall–Kier alpha value is -2.22. The second-order valence-corrected chi connectivity index (χ2v) is 6.85. The lowest BCUT2D eigenvalue weighted by atomic mass is 10.1. The van der Waals surface area contributed by atoms with E-state index in [2.05, 4.69) is 5.32 Å². The SMILES string of the molecule is CC(=O)NCCN(C(=O)c1cccc(CS(C)=O)c1)C(C)C(=O)O. The van der Waals surface area contributed by atoms with E-state index in [1.807, 2.05) is 0 Å². The van der Waals surface area contributed by atoms with Gasteiger partial charge in [0.05, 0.1) is 0 Å². The quantitative estimate of drug-likeness (QED) is 0.712. The van der Waals surface area contributed by atoms with Gasteiger partial charge in [0.2, 0.25) is 5.91 Å². The number of nitrogens with one attached hydrogen (secondary N) is 1. The molecule has 1 rings (SSSR count). The molecule has 8 heteroatoms. The first kappa shape index (κ1) is 19.8. The predicted octanol–water partition coefficient (Wildman–Crippen LogP) is 0.616. The third kappa shape index (κ3) is 6.11. The van der Waals surface area contributed by atoms with Gasteiger partial charge in [-0.1, -0.05) is 12.1 Å². The third-order valence-electron chi connectivity index (χ3n) is 3.36. The number of nitrogens with zero attached hydrogens (tertiary/aromatic N) is 1. The summed E-state index contributed by atoms with van der Waals surface area (Å²) in [5.74, 6) is -1.50. The zero-order valence-electron chi connectivity index (χ0n) is 13.9. The van der Waals surface area contributed by atoms with Crippen LogP contribution in [0.25, 0.3) is 0 Å². The van der Waals surface area contributed by atoms with E-state index in [9.17, 15) is 23.7 Å². The van der Waals surface area contributed by atoms with Crippen molar-refractivity contribution in [3.8, 4) is 0 Å². The minimum Gasteiger partial charge on any atom is -0.480 e. The molecule has 2 amide bonds. The van der Waals surface area contributed by atoms with E-state index in [0.717, 1.165) is 5.56 Å². The van der Waals surface area contributed by atoms with Crippen molar-refractivity contribution in [1.29, 1.82) is 0 Å². The standard InChI is InChI=1S/C16H22N2O5S/c1-11(16(21)22)18(8-7-17-12(2)19)15(20)14-6-4-5-13(9-14)10-24(3)23/h4-6,9,11H,7-8,10H2,1-3H3,(H,17,19)(H,21,22). The van der Waals surface area contributed by atoms with Crippen LogP contribution in [0.3, 0.4) is 0 Å². The molecule has 0 aliphatic heterocycles. The summed E-state index contributed by atoms with van der Waals surface area (Å²) in [4.78, 5) is 36.1. The Morgan fingerprint density at radius 3 is 2.54 bits per heavy atom. The second-order valence-electron chi connectivity index (χ2n) is 5.41. The van der Waals surface area contributed by atoms with E-state index in [4.69, 9.17) is 0 Å². The molecular formula is C16H22N2O5S. The molecule has 0 spiro atoms. The van der Waals surface area contributed by atoms with E-state index >= 15 is 0 Å². The lowest BCUT2D eigenvalue weighted by molar-refractivity contribution is -0.141. The maximum absolute atomic E-state index is 12.7. The first-order chi connectivity index (χ1) is 11.2. The summed E-state index contributed by atoms with van der Waals surface area (Å²) in [6.07, 6.45) is 1.57. The molecule has 2 unspecified atom stereocenters. The molecule has 132 valence electrons. The highest BCUT2D eigenvalue weighted by Gasteiger charge is 2.26. The van der Waals surface area contributed by atoms with Gasteiger partial charge >= 0.3 is 5.97 Å². The Labute approximate surface area is 143 Å². The number of hydrogen-bond acceptors (Lipinski definition) is 4. The van der Waals surface area contributed by atoms with Gasteiger partial charge in [0.1, 0.15) is 6.04 Å². The van der Waals surface area contributed by atoms with Gasteiger partial charge in [0, 0.05) is 48.4 Å². The van der Waals surface area contributed by atoms with Crippen molar-refractivity contribution < 1.29 is 23.7 Å². The predicted molar refractivity (Wildman–Crippen MR) is 91.0 cm³/mol. The topological polar surface area (TPSA) is 104 Å². The van der Waals surface area contributed by atoms with Crippen LogP contribution >= 0.6 is 0 Å². The largest absolute Gasteiger partial charge is 0.480 e. The molecular weight excluding hydrogens is 332 g/mol. The maximum atomic E-state index is 12.7. The van der Waals surface area contributed by atoms with Gasteiger partial charge in [0.25, 0.3) is 5.91 Å². The van der Waals surface area contributed by atoms with Crippen LogP contribution in [-0.4, -0.2) is 57.4 Å². The Bertz CT molecular complexity index is 647. The van der Waals surface area contributed by atoms with Gasteiger partial charge in [-0.25, -0.2) is 4.79 Å². The van der Waals surface area contributed by atoms with Crippen molar-refractivity contribution >= 4 is 28.6 Å². The van der Waals surface area contributed by atoms with Crippen LogP contribution in [0.5, 0.6) is 0 Å². The zero-order chi connectivity index (χ0) is 18.3. The van der Waals surface area contributed by atoms with Crippen molar-refractivity contribution in [2.45, 2.75) is 25.6 Å². The minimum absolute atomic E-state index is 0.0792. The smallest absolute Gasteiger partial charge is 0.326 e. The number of carboxylic acids is 1. The fraction of sp³-hybridized carbons (Fsp3) is 0.438. The molecule has 0 saturated carbocycles. The van der Waals surface area contributed by atoms with Crippen LogP contribution in [0.4, 0.5) is 0 Å². The number of benzene rings is 1. The zero-order valence-corrected chi connectivity index (χ0v) is 14.8. The number of hydrogen-bond donors (Lipinski definition) is 2. The van der Waals surface area contributed by atoms with Gasteiger partial charge in [-0.15, -0.1) is 0 Å². The van der Waals surface area contributed by atoms with Gasteiger partial charge in [0.15, 0.2) is 0 Å². The fourth-order valence-corrected chi connectivity index (χ4v) is 2.80. The molecule has 0 bridgehead atoms. The monoisotopic (exact) mass is 354 g/mol. The van der Waals surface area contributed by atoms with Gasteiger partial charge in [-0.2, -0.15) is 0 Å². The van der Waals surface area contributed by atoms with E-state index in [1.165, 1.54) is 18.7 Å². The third-order valence-corrected chi connectivity index (χ3v) is 4.10. The van der Waals surface area contributed by atoms with Crippen molar-refractivity contribution in [3.05, 3.63) is 35.4 Å². The molecule has 0 aliphatic carbocycles. The average Bonchev–Trinajstić information content (AvgIpc) is 2.49. The van der Waals surface area contributed by atoms with Gasteiger partial charge < -0.3 is 15.3 Å². The summed E-state index contributed by atoms with van der Waals surface area (Å²) in [6, 6.07) is 5.61. The fourth-order valence-electron chi connectivity index (χ4n) is 2.15. The van der Waals surface area contributed by atoms with Crippen molar-refractivity contribution in [2.75, 3.05) is 19.3 Å². The number of carbonyl (C=O) groups is 3. The maximum Gasteiger partial charge on any atom is 0.326 e. The molecule has 1 aromatic carbocycles. The Kier molecular flexibility index (Phi) is 7.57. The molecule has 0 fully saturated rings. The first-order valence-corrected chi connectivity index (χ1v) is 9.12. The Balaban J connectivity index is 2.99. The molecule has 7 nitrogen and oxygen atoms in total. The number of carboxylic acid groups (broad SMARTS) is 1.